The first-order chi connectivity index (χ1) is 15.3. The van der Waals surface area contributed by atoms with Crippen molar-refractivity contribution >= 4 is 17.3 Å². The van der Waals surface area contributed by atoms with Crippen LogP contribution in [0.1, 0.15) is 25.2 Å². The number of aromatic nitrogens is 4. The van der Waals surface area contributed by atoms with Gasteiger partial charge in [-0.25, -0.2) is 15.0 Å². The lowest BCUT2D eigenvalue weighted by Crippen LogP contribution is -2.28. The number of anilines is 3. The van der Waals surface area contributed by atoms with Crippen molar-refractivity contribution in [2.24, 2.45) is 0 Å². The zero-order chi connectivity index (χ0) is 24.4. The Labute approximate surface area is 184 Å². The summed E-state index contributed by atoms with van der Waals surface area (Å²) in [7, 11) is 0. The second-order valence-corrected chi connectivity index (χ2v) is 7.09. The molecule has 33 heavy (non-hydrogen) atoms. The minimum atomic E-state index is -4.70. The zero-order valence-electron chi connectivity index (χ0n) is 17.2. The van der Waals surface area contributed by atoms with Gasteiger partial charge in [-0.05, 0) is 38.1 Å². The van der Waals surface area contributed by atoms with Crippen molar-refractivity contribution in [3.05, 3.63) is 54.0 Å². The van der Waals surface area contributed by atoms with E-state index in [0.29, 0.717) is 0 Å². The van der Waals surface area contributed by atoms with Crippen molar-refractivity contribution in [2.45, 2.75) is 38.3 Å². The van der Waals surface area contributed by atoms with E-state index in [1.165, 1.54) is 25.1 Å². The number of rotatable bonds is 6. The number of pyridine rings is 2. The van der Waals surface area contributed by atoms with Gasteiger partial charge in [-0.3, -0.25) is 4.98 Å². The highest BCUT2D eigenvalue weighted by Crippen LogP contribution is 2.31. The molecule has 0 saturated carbocycles. The summed E-state index contributed by atoms with van der Waals surface area (Å²) >= 11 is 0. The molecule has 3 heterocycles. The molecule has 0 aliphatic heterocycles. The van der Waals surface area contributed by atoms with Crippen LogP contribution in [0, 0.1) is 0 Å². The van der Waals surface area contributed by atoms with Gasteiger partial charge < -0.3 is 15.7 Å². The van der Waals surface area contributed by atoms with E-state index in [4.69, 9.17) is 0 Å². The Bertz CT molecular complexity index is 1120. The molecular formula is C20H18F6N6O. The molecule has 0 saturated heterocycles. The number of aliphatic hydroxyl groups is 1. The molecule has 0 radical (unpaired) electrons. The highest BCUT2D eigenvalue weighted by atomic mass is 19.4. The Balaban J connectivity index is 2.04. The van der Waals surface area contributed by atoms with Crippen LogP contribution in [0.15, 0.2) is 42.6 Å². The molecule has 3 aromatic rings. The van der Waals surface area contributed by atoms with Crippen LogP contribution in [-0.2, 0) is 12.4 Å². The first-order valence-electron chi connectivity index (χ1n) is 9.51. The van der Waals surface area contributed by atoms with Crippen LogP contribution >= 0.6 is 0 Å². The third kappa shape index (κ3) is 6.28. The summed E-state index contributed by atoms with van der Waals surface area (Å²) in [6.45, 7) is 3.16. The highest BCUT2D eigenvalue weighted by Gasteiger charge is 2.33. The van der Waals surface area contributed by atoms with Gasteiger partial charge in [0.1, 0.15) is 28.7 Å². The first-order valence-corrected chi connectivity index (χ1v) is 9.51. The number of halogens is 6. The van der Waals surface area contributed by atoms with Crippen LogP contribution in [0.25, 0.3) is 11.5 Å². The summed E-state index contributed by atoms with van der Waals surface area (Å²) in [5, 5.41) is 15.3. The molecule has 0 aliphatic carbocycles. The van der Waals surface area contributed by atoms with Gasteiger partial charge in [-0.2, -0.15) is 26.3 Å². The summed E-state index contributed by atoms with van der Waals surface area (Å²) in [4.78, 5) is 15.1. The standard InChI is InChI=1S/C20H18F6N6O/c1-10(11(2)33)28-16-9-17(29-12-6-7-27-15(8-12)20(24,25)26)32-18(31-16)13-4-3-5-14(30-13)19(21,22)23/h3-11,33H,1-2H3,(H2,27,28,29,31,32). The fraction of sp³-hybridized carbons (Fsp3) is 0.300. The summed E-state index contributed by atoms with van der Waals surface area (Å²) < 4.78 is 78.1. The van der Waals surface area contributed by atoms with Gasteiger partial charge in [0.15, 0.2) is 5.82 Å². The van der Waals surface area contributed by atoms with Gasteiger partial charge in [0.05, 0.1) is 12.1 Å². The molecule has 3 rings (SSSR count). The Kier molecular flexibility index (Phi) is 6.72. The van der Waals surface area contributed by atoms with Gasteiger partial charge in [-0.15, -0.1) is 0 Å². The number of nitrogens with one attached hydrogen (secondary N) is 2. The molecule has 2 unspecified atom stereocenters. The molecule has 176 valence electrons. The van der Waals surface area contributed by atoms with Crippen LogP contribution in [-0.4, -0.2) is 37.2 Å². The van der Waals surface area contributed by atoms with E-state index in [-0.39, 0.29) is 28.8 Å². The summed E-state index contributed by atoms with van der Waals surface area (Å²) in [5.41, 5.74) is -2.50. The lowest BCUT2D eigenvalue weighted by Gasteiger charge is -2.18. The Morgan fingerprint density at radius 1 is 0.848 bits per heavy atom. The van der Waals surface area contributed by atoms with Gasteiger partial charge >= 0.3 is 12.4 Å². The van der Waals surface area contributed by atoms with E-state index in [1.54, 1.807) is 6.92 Å². The molecule has 0 aromatic carbocycles. The third-order valence-electron chi connectivity index (χ3n) is 4.42. The lowest BCUT2D eigenvalue weighted by atomic mass is 10.2. The highest BCUT2D eigenvalue weighted by molar-refractivity contribution is 5.64. The summed E-state index contributed by atoms with van der Waals surface area (Å²) in [6, 6.07) is 6.05. The van der Waals surface area contributed by atoms with E-state index in [2.05, 4.69) is 30.6 Å². The quantitative estimate of drug-likeness (QED) is 0.440. The average Bonchev–Trinajstić information content (AvgIpc) is 2.72. The second-order valence-electron chi connectivity index (χ2n) is 7.09. The monoisotopic (exact) mass is 472 g/mol. The summed E-state index contributed by atoms with van der Waals surface area (Å²) in [5.74, 6) is -0.115. The van der Waals surface area contributed by atoms with Crippen LogP contribution in [0.2, 0.25) is 0 Å². The van der Waals surface area contributed by atoms with Crippen LogP contribution in [0.3, 0.4) is 0 Å². The second kappa shape index (κ2) is 9.17. The molecule has 3 N–H and O–H groups in total. The Morgan fingerprint density at radius 3 is 2.15 bits per heavy atom. The number of hydrogen-bond donors (Lipinski definition) is 3. The SMILES string of the molecule is CC(O)C(C)Nc1cc(Nc2ccnc(C(F)(F)F)c2)nc(-c2cccc(C(F)(F)F)n2)n1. The van der Waals surface area contributed by atoms with E-state index in [1.807, 2.05) is 0 Å². The smallest absolute Gasteiger partial charge is 0.391 e. The van der Waals surface area contributed by atoms with E-state index >= 15 is 0 Å². The fourth-order valence-electron chi connectivity index (χ4n) is 2.58. The van der Waals surface area contributed by atoms with Crippen LogP contribution in [0.5, 0.6) is 0 Å². The normalized spacial score (nSPS) is 14.0. The molecule has 0 aliphatic rings. The maximum Gasteiger partial charge on any atom is 0.433 e. The largest absolute Gasteiger partial charge is 0.433 e. The molecule has 3 aromatic heterocycles. The predicted molar refractivity (Wildman–Crippen MR) is 108 cm³/mol. The number of nitrogens with zero attached hydrogens (tertiary/aromatic N) is 4. The minimum absolute atomic E-state index is 0.00602. The predicted octanol–water partition coefficient (Wildman–Crippen LogP) is 4.90. The maximum absolute atomic E-state index is 13.1. The topological polar surface area (TPSA) is 95.8 Å². The van der Waals surface area contributed by atoms with Crippen molar-refractivity contribution in [3.63, 3.8) is 0 Å². The van der Waals surface area contributed by atoms with Crippen LogP contribution in [0.4, 0.5) is 43.7 Å². The molecule has 2 atom stereocenters. The van der Waals surface area contributed by atoms with Crippen molar-refractivity contribution in [2.75, 3.05) is 10.6 Å². The van der Waals surface area contributed by atoms with Gasteiger partial charge in [0.2, 0.25) is 0 Å². The van der Waals surface area contributed by atoms with E-state index < -0.39 is 35.9 Å². The van der Waals surface area contributed by atoms with Crippen LogP contribution < -0.4 is 10.6 Å². The molecule has 13 heteroatoms. The summed E-state index contributed by atoms with van der Waals surface area (Å²) in [6.07, 6.45) is -9.22. The number of alkyl halides is 6. The van der Waals surface area contributed by atoms with E-state index in [0.717, 1.165) is 24.4 Å². The number of hydrogen-bond acceptors (Lipinski definition) is 7. The molecule has 0 fully saturated rings. The van der Waals surface area contributed by atoms with E-state index in [9.17, 15) is 31.4 Å². The van der Waals surface area contributed by atoms with Crippen molar-refractivity contribution in [1.29, 1.82) is 0 Å². The molecule has 7 nitrogen and oxygen atoms in total. The number of aliphatic hydroxyl groups excluding tert-OH is 1. The molecule has 0 bridgehead atoms. The van der Waals surface area contributed by atoms with Gasteiger partial charge in [-0.1, -0.05) is 6.07 Å². The van der Waals surface area contributed by atoms with Crippen molar-refractivity contribution < 1.29 is 31.4 Å². The zero-order valence-corrected chi connectivity index (χ0v) is 17.2. The molecule has 0 amide bonds. The third-order valence-corrected chi connectivity index (χ3v) is 4.42. The Morgan fingerprint density at radius 2 is 1.52 bits per heavy atom. The molecule has 0 spiro atoms. The van der Waals surface area contributed by atoms with Crippen molar-refractivity contribution in [1.82, 2.24) is 19.9 Å². The average molecular weight is 472 g/mol. The fourth-order valence-corrected chi connectivity index (χ4v) is 2.58. The van der Waals surface area contributed by atoms with Gasteiger partial charge in [0, 0.05) is 18.0 Å². The van der Waals surface area contributed by atoms with Crippen molar-refractivity contribution in [3.8, 4) is 11.5 Å². The lowest BCUT2D eigenvalue weighted by molar-refractivity contribution is -0.141. The van der Waals surface area contributed by atoms with Gasteiger partial charge in [0.25, 0.3) is 0 Å². The first kappa shape index (κ1) is 24.2. The Hall–Kier alpha value is -3.48. The maximum atomic E-state index is 13.1. The molecular weight excluding hydrogens is 454 g/mol. The minimum Gasteiger partial charge on any atom is -0.391 e.